The molecule has 0 aliphatic carbocycles. The molecule has 1 saturated heterocycles. The Balaban J connectivity index is 1.49. The first-order chi connectivity index (χ1) is 11.1. The van der Waals surface area contributed by atoms with Crippen LogP contribution < -0.4 is 10.6 Å². The van der Waals surface area contributed by atoms with E-state index < -0.39 is 0 Å². The van der Waals surface area contributed by atoms with E-state index in [2.05, 4.69) is 20.7 Å². The minimum atomic E-state index is -0.262. The van der Waals surface area contributed by atoms with Gasteiger partial charge in [0.05, 0.1) is 6.20 Å². The van der Waals surface area contributed by atoms with Crippen LogP contribution >= 0.6 is 0 Å². The molecule has 0 unspecified atom stereocenters. The number of aromatic nitrogens is 3. The van der Waals surface area contributed by atoms with Crippen molar-refractivity contribution in [3.63, 3.8) is 0 Å². The highest BCUT2D eigenvalue weighted by Crippen LogP contribution is 2.16. The van der Waals surface area contributed by atoms with E-state index in [1.165, 1.54) is 0 Å². The summed E-state index contributed by atoms with van der Waals surface area (Å²) in [4.78, 5) is 29.3. The van der Waals surface area contributed by atoms with Gasteiger partial charge in [-0.3, -0.25) is 10.1 Å². The van der Waals surface area contributed by atoms with Crippen LogP contribution in [0.3, 0.4) is 0 Å². The van der Waals surface area contributed by atoms with Crippen LogP contribution in [-0.4, -0.2) is 51.1 Å². The summed E-state index contributed by atoms with van der Waals surface area (Å²) in [5.74, 6) is 1.09. The Morgan fingerprint density at radius 3 is 2.78 bits per heavy atom. The number of anilines is 1. The van der Waals surface area contributed by atoms with Crippen molar-refractivity contribution in [1.82, 2.24) is 24.8 Å². The molecular formula is C15H20N6O2. The Morgan fingerprint density at radius 1 is 1.26 bits per heavy atom. The van der Waals surface area contributed by atoms with Crippen LogP contribution in [0.4, 0.5) is 10.6 Å². The molecule has 0 bridgehead atoms. The molecule has 2 N–H and O–H groups in total. The monoisotopic (exact) mass is 316 g/mol. The molecule has 0 aromatic carbocycles. The Labute approximate surface area is 133 Å². The van der Waals surface area contributed by atoms with Gasteiger partial charge in [-0.15, -0.1) is 0 Å². The molecule has 8 heteroatoms. The van der Waals surface area contributed by atoms with Gasteiger partial charge in [-0.05, 0) is 24.8 Å². The minimum absolute atomic E-state index is 0.120. The molecule has 3 amide bonds. The number of piperidine rings is 1. The van der Waals surface area contributed by atoms with Crippen LogP contribution in [0.15, 0.2) is 24.5 Å². The van der Waals surface area contributed by atoms with Crippen LogP contribution in [0.25, 0.3) is 5.65 Å². The fourth-order valence-corrected chi connectivity index (χ4v) is 2.78. The van der Waals surface area contributed by atoms with Crippen molar-refractivity contribution in [1.29, 1.82) is 0 Å². The molecule has 0 saturated carbocycles. The van der Waals surface area contributed by atoms with Crippen molar-refractivity contribution >= 4 is 23.4 Å². The fourth-order valence-electron chi connectivity index (χ4n) is 2.78. The maximum Gasteiger partial charge on any atom is 0.320 e. The number of likely N-dealkylation sites (tertiary alicyclic amines) is 1. The molecule has 2 aromatic rings. The summed E-state index contributed by atoms with van der Waals surface area (Å²) >= 11 is 0. The number of fused-ring (bicyclic) bond motifs is 1. The Hall–Kier alpha value is -2.64. The van der Waals surface area contributed by atoms with Gasteiger partial charge >= 0.3 is 6.03 Å². The molecule has 8 nitrogen and oxygen atoms in total. The van der Waals surface area contributed by atoms with Crippen LogP contribution in [-0.2, 0) is 4.79 Å². The van der Waals surface area contributed by atoms with E-state index in [-0.39, 0.29) is 11.9 Å². The first kappa shape index (κ1) is 15.3. The number of rotatable bonds is 3. The average Bonchev–Trinajstić information content (AvgIpc) is 3.03. The topological polar surface area (TPSA) is 91.6 Å². The van der Waals surface area contributed by atoms with E-state index in [4.69, 9.17) is 0 Å². The second-order valence-electron chi connectivity index (χ2n) is 5.72. The quantitative estimate of drug-likeness (QED) is 0.887. The van der Waals surface area contributed by atoms with Gasteiger partial charge in [-0.2, -0.15) is 9.61 Å². The van der Waals surface area contributed by atoms with Crippen molar-refractivity contribution in [3.05, 3.63) is 24.5 Å². The zero-order valence-corrected chi connectivity index (χ0v) is 13.0. The van der Waals surface area contributed by atoms with Crippen molar-refractivity contribution < 1.29 is 9.59 Å². The third kappa shape index (κ3) is 3.58. The summed E-state index contributed by atoms with van der Waals surface area (Å²) in [5, 5.41) is 9.79. The molecule has 2 aromatic heterocycles. The van der Waals surface area contributed by atoms with Gasteiger partial charge in [0.25, 0.3) is 0 Å². The lowest BCUT2D eigenvalue weighted by atomic mass is 9.97. The number of amides is 3. The van der Waals surface area contributed by atoms with Crippen molar-refractivity contribution in [2.24, 2.45) is 5.92 Å². The largest absolute Gasteiger partial charge is 0.343 e. The predicted octanol–water partition coefficient (Wildman–Crippen LogP) is 1.11. The highest BCUT2D eigenvalue weighted by Gasteiger charge is 2.21. The van der Waals surface area contributed by atoms with Crippen LogP contribution in [0, 0.1) is 5.92 Å². The highest BCUT2D eigenvalue weighted by molar-refractivity contribution is 5.88. The van der Waals surface area contributed by atoms with Gasteiger partial charge in [-0.1, -0.05) is 0 Å². The lowest BCUT2D eigenvalue weighted by molar-refractivity contribution is -0.130. The first-order valence-corrected chi connectivity index (χ1v) is 7.72. The number of nitrogens with zero attached hydrogens (tertiary/aromatic N) is 4. The van der Waals surface area contributed by atoms with Crippen molar-refractivity contribution in [2.45, 2.75) is 19.8 Å². The predicted molar refractivity (Wildman–Crippen MR) is 85.0 cm³/mol. The minimum Gasteiger partial charge on any atom is -0.343 e. The highest BCUT2D eigenvalue weighted by atomic mass is 16.2. The molecule has 1 aliphatic heterocycles. The Bertz CT molecular complexity index is 705. The van der Waals surface area contributed by atoms with Gasteiger partial charge in [0.2, 0.25) is 5.91 Å². The molecule has 0 radical (unpaired) electrons. The number of urea groups is 1. The Kier molecular flexibility index (Phi) is 4.40. The average molecular weight is 316 g/mol. The smallest absolute Gasteiger partial charge is 0.320 e. The van der Waals surface area contributed by atoms with E-state index in [9.17, 15) is 9.59 Å². The summed E-state index contributed by atoms with van der Waals surface area (Å²) in [5.41, 5.74) is 0.680. The molecular weight excluding hydrogens is 296 g/mol. The fraction of sp³-hybridized carbons (Fsp3) is 0.467. The zero-order chi connectivity index (χ0) is 16.2. The third-order valence-electron chi connectivity index (χ3n) is 4.14. The van der Waals surface area contributed by atoms with Crippen LogP contribution in [0.1, 0.15) is 19.8 Å². The number of hydrogen-bond donors (Lipinski definition) is 2. The van der Waals surface area contributed by atoms with Gasteiger partial charge in [-0.25, -0.2) is 9.78 Å². The summed E-state index contributed by atoms with van der Waals surface area (Å²) < 4.78 is 1.57. The van der Waals surface area contributed by atoms with Gasteiger partial charge < -0.3 is 10.2 Å². The molecule has 1 aliphatic rings. The molecule has 23 heavy (non-hydrogen) atoms. The maximum atomic E-state index is 12.0. The van der Waals surface area contributed by atoms with E-state index in [1.54, 1.807) is 36.0 Å². The van der Waals surface area contributed by atoms with E-state index in [0.717, 1.165) is 25.9 Å². The van der Waals surface area contributed by atoms with Crippen molar-refractivity contribution in [3.8, 4) is 0 Å². The van der Waals surface area contributed by atoms with E-state index in [0.29, 0.717) is 23.9 Å². The van der Waals surface area contributed by atoms with E-state index in [1.807, 2.05) is 4.90 Å². The zero-order valence-electron chi connectivity index (χ0n) is 13.0. The van der Waals surface area contributed by atoms with Gasteiger partial charge in [0.15, 0.2) is 5.65 Å². The first-order valence-electron chi connectivity index (χ1n) is 7.72. The van der Waals surface area contributed by atoms with Crippen LogP contribution in [0.2, 0.25) is 0 Å². The normalized spacial score (nSPS) is 15.6. The standard InChI is InChI=1S/C15H20N6O2/c1-11(22)20-8-4-12(5-9-20)10-17-15(23)19-14-2-6-16-13-3-7-18-21(13)14/h2-3,6-7,12H,4-5,8-10H2,1H3,(H2,17,19,23). The lowest BCUT2D eigenvalue weighted by Crippen LogP contribution is -2.41. The molecule has 122 valence electrons. The summed E-state index contributed by atoms with van der Waals surface area (Å²) in [6, 6.07) is 3.21. The van der Waals surface area contributed by atoms with Crippen LogP contribution in [0.5, 0.6) is 0 Å². The Morgan fingerprint density at radius 2 is 2.04 bits per heavy atom. The van der Waals surface area contributed by atoms with E-state index >= 15 is 0 Å². The summed E-state index contributed by atoms with van der Waals surface area (Å²) in [6.45, 7) is 3.73. The number of carbonyl (C=O) groups excluding carboxylic acids is 2. The SMILES string of the molecule is CC(=O)N1CCC(CNC(=O)Nc2ccnc3ccnn23)CC1. The number of carbonyl (C=O) groups is 2. The molecule has 3 heterocycles. The third-order valence-corrected chi connectivity index (χ3v) is 4.14. The van der Waals surface area contributed by atoms with Gasteiger partial charge in [0, 0.05) is 38.8 Å². The maximum absolute atomic E-state index is 12.0. The lowest BCUT2D eigenvalue weighted by Gasteiger charge is -2.31. The number of nitrogens with one attached hydrogen (secondary N) is 2. The van der Waals surface area contributed by atoms with Gasteiger partial charge in [0.1, 0.15) is 5.82 Å². The summed E-state index contributed by atoms with van der Waals surface area (Å²) in [6.07, 6.45) is 5.09. The molecule has 0 spiro atoms. The second kappa shape index (κ2) is 6.64. The molecule has 1 fully saturated rings. The summed E-state index contributed by atoms with van der Waals surface area (Å²) in [7, 11) is 0. The number of hydrogen-bond acceptors (Lipinski definition) is 4. The molecule has 0 atom stereocenters. The van der Waals surface area contributed by atoms with Crippen molar-refractivity contribution in [2.75, 3.05) is 25.0 Å². The second-order valence-corrected chi connectivity index (χ2v) is 5.72. The molecule has 3 rings (SSSR count).